The summed E-state index contributed by atoms with van der Waals surface area (Å²) < 4.78 is 36.5. The van der Waals surface area contributed by atoms with E-state index in [2.05, 4.69) is 35.2 Å². The van der Waals surface area contributed by atoms with Crippen molar-refractivity contribution in [3.63, 3.8) is 0 Å². The lowest BCUT2D eigenvalue weighted by Gasteiger charge is -2.06. The summed E-state index contributed by atoms with van der Waals surface area (Å²) in [6.45, 7) is 3.93. The Kier molecular flexibility index (Phi) is 17.1. The third kappa shape index (κ3) is 13.2. The molecule has 460 valence electrons. The van der Waals surface area contributed by atoms with Gasteiger partial charge in [-0.1, -0.05) is 97.1 Å². The first-order valence-corrected chi connectivity index (χ1v) is 31.3. The zero-order valence-corrected chi connectivity index (χ0v) is 52.5. The molecule has 0 saturated carbocycles. The van der Waals surface area contributed by atoms with Crippen LogP contribution in [-0.4, -0.2) is 89.8 Å². The molecule has 15 aromatic rings. The number of carbonyl (C=O) groups is 3. The molecule has 0 N–H and O–H groups in total. The molecule has 12 aromatic heterocycles. The van der Waals surface area contributed by atoms with Crippen LogP contribution in [-0.2, 0) is 40.4 Å². The third-order valence-electron chi connectivity index (χ3n) is 15.5. The number of imidazole rings is 3. The number of hydrogen-bond donors (Lipinski definition) is 0. The maximum absolute atomic E-state index is 13.2. The number of alkyl halides is 2. The van der Waals surface area contributed by atoms with Gasteiger partial charge in [-0.3, -0.25) is 33.4 Å². The fourth-order valence-corrected chi connectivity index (χ4v) is 12.5. The van der Waals surface area contributed by atoms with Crippen LogP contribution >= 0.6 is 22.7 Å². The van der Waals surface area contributed by atoms with Gasteiger partial charge in [0.1, 0.15) is 49.7 Å². The minimum absolute atomic E-state index is 0.00318. The van der Waals surface area contributed by atoms with Crippen LogP contribution in [0.25, 0.3) is 83.1 Å². The van der Waals surface area contributed by atoms with Crippen molar-refractivity contribution in [2.24, 2.45) is 21.1 Å². The molecular weight excluding hydrogens is 1210 g/mol. The van der Waals surface area contributed by atoms with E-state index in [0.717, 1.165) is 112 Å². The Hall–Kier alpha value is -11.4. The molecule has 0 spiro atoms. The molecule has 15 rings (SSSR count). The van der Waals surface area contributed by atoms with Gasteiger partial charge in [-0.25, -0.2) is 33.7 Å². The van der Waals surface area contributed by atoms with E-state index in [9.17, 15) is 23.2 Å². The van der Waals surface area contributed by atoms with Crippen LogP contribution in [0.1, 0.15) is 71.5 Å². The van der Waals surface area contributed by atoms with Crippen molar-refractivity contribution in [2.75, 3.05) is 0 Å². The van der Waals surface area contributed by atoms with E-state index in [1.807, 2.05) is 209 Å². The number of aryl methyl sites for hydroxylation is 5. The highest BCUT2D eigenvalue weighted by Crippen LogP contribution is 2.33. The molecule has 0 fully saturated rings. The highest BCUT2D eigenvalue weighted by Gasteiger charge is 2.25. The number of carbonyl (C=O) groups excluding carboxylic acids is 3. The average molecular weight is 1270 g/mol. The molecule has 0 saturated heterocycles. The molecular formula is C71H57F2N15O3S2. The normalized spacial score (nSPS) is 11.3. The first kappa shape index (κ1) is 60.5. The maximum atomic E-state index is 13.2. The number of pyridine rings is 4. The summed E-state index contributed by atoms with van der Waals surface area (Å²) in [5.41, 5.74) is 16.7. The quantitative estimate of drug-likeness (QED) is 0.0832. The molecule has 0 bridgehead atoms. The summed E-state index contributed by atoms with van der Waals surface area (Å²) in [4.78, 5) is 66.6. The second-order valence-electron chi connectivity index (χ2n) is 22.2. The standard InChI is InChI=1S/C25H21N5O.C23H17F2N5OS.C23H19N5OS/c1-17-8-9-21(26-14-17)20-15-27-29(2)25(20)23(31)12-18-10-11-30-16-22(28-24(30)13-18)19-6-4-3-5-7-19;1-29-21(16(11-26-29)23-28-18(13-32-23)22(24)25)19(31)9-14-7-8-30-12-17(27-20(30)10-14)15-5-3-2-4-6-15;1-15-14-30-23(25-15)18-12-24-27(2)22(18)20(29)10-16-8-9-28-13-19(26-21(28)11-16)17-6-4-3-5-7-17/h3-11,13-16H,12H2,1-2H3;2-8,10-13,22H,9H2,1H3;3-9,11-14H,10H2,1-2H3. The zero-order valence-electron chi connectivity index (χ0n) is 50.9. The van der Waals surface area contributed by atoms with Crippen molar-refractivity contribution in [2.45, 2.75) is 39.5 Å². The van der Waals surface area contributed by atoms with Gasteiger partial charge in [0.15, 0.2) is 17.3 Å². The Labute approximate surface area is 539 Å². The minimum Gasteiger partial charge on any atom is -0.306 e. The molecule has 0 aliphatic rings. The average Bonchev–Trinajstić information content (AvgIpc) is 1.79. The van der Waals surface area contributed by atoms with Gasteiger partial charge in [-0.05, 0) is 78.6 Å². The van der Waals surface area contributed by atoms with Gasteiger partial charge in [0.25, 0.3) is 6.43 Å². The molecule has 0 aliphatic carbocycles. The van der Waals surface area contributed by atoms with Crippen molar-refractivity contribution < 1.29 is 23.2 Å². The van der Waals surface area contributed by atoms with Gasteiger partial charge < -0.3 is 13.2 Å². The van der Waals surface area contributed by atoms with E-state index in [0.29, 0.717) is 27.7 Å². The number of halogens is 2. The van der Waals surface area contributed by atoms with Crippen LogP contribution < -0.4 is 0 Å². The molecule has 18 nitrogen and oxygen atoms in total. The number of aromatic nitrogens is 15. The topological polar surface area (TPSA) is 195 Å². The lowest BCUT2D eigenvalue weighted by molar-refractivity contribution is 0.0976. The van der Waals surface area contributed by atoms with E-state index in [1.54, 1.807) is 49.1 Å². The third-order valence-corrected chi connectivity index (χ3v) is 17.4. The summed E-state index contributed by atoms with van der Waals surface area (Å²) in [6.07, 6.45) is 16.4. The SMILES string of the molecule is Cc1ccc(-c2cnn(C)c2C(=O)Cc2ccn3cc(-c4ccccc4)nc3c2)nc1.Cc1csc(-c2cnn(C)c2C(=O)Cc2ccn3cc(-c4ccccc4)nc3c2)n1.Cn1ncc(-c2nc(C(F)F)cs2)c1C(=O)Cc1ccn2cc(-c3ccccc3)nc2c1. The Bertz CT molecular complexity index is 5200. The van der Waals surface area contributed by atoms with Crippen molar-refractivity contribution >= 4 is 57.0 Å². The van der Waals surface area contributed by atoms with E-state index >= 15 is 0 Å². The number of fused-ring (bicyclic) bond motifs is 3. The van der Waals surface area contributed by atoms with Gasteiger partial charge in [0.05, 0.1) is 52.5 Å². The van der Waals surface area contributed by atoms with Crippen LogP contribution in [0.2, 0.25) is 0 Å². The molecule has 0 atom stereocenters. The van der Waals surface area contributed by atoms with Crippen LogP contribution in [0.5, 0.6) is 0 Å². The van der Waals surface area contributed by atoms with Crippen molar-refractivity contribution in [1.29, 1.82) is 0 Å². The lowest BCUT2D eigenvalue weighted by Crippen LogP contribution is -2.11. The van der Waals surface area contributed by atoms with Crippen LogP contribution in [0.15, 0.2) is 212 Å². The molecule has 0 unspecified atom stereocenters. The smallest absolute Gasteiger partial charge is 0.281 e. The number of hydrogen-bond acceptors (Lipinski definition) is 14. The number of Topliss-reactive ketones (excluding diaryl/α,β-unsaturated/α-hetero) is 3. The van der Waals surface area contributed by atoms with Gasteiger partial charge >= 0.3 is 0 Å². The fourth-order valence-electron chi connectivity index (χ4n) is 10.9. The first-order chi connectivity index (χ1) is 45.2. The maximum Gasteiger partial charge on any atom is 0.281 e. The van der Waals surface area contributed by atoms with Crippen LogP contribution in [0.4, 0.5) is 8.78 Å². The second-order valence-corrected chi connectivity index (χ2v) is 23.9. The predicted molar refractivity (Wildman–Crippen MR) is 355 cm³/mol. The Morgan fingerprint density at radius 1 is 0.441 bits per heavy atom. The predicted octanol–water partition coefficient (Wildman–Crippen LogP) is 14.3. The molecule has 22 heteroatoms. The Balaban J connectivity index is 0.000000127. The molecule has 3 aromatic carbocycles. The van der Waals surface area contributed by atoms with Gasteiger partial charge in [0.2, 0.25) is 0 Å². The van der Waals surface area contributed by atoms with Crippen molar-refractivity contribution in [3.05, 3.63) is 263 Å². The highest BCUT2D eigenvalue weighted by molar-refractivity contribution is 7.13. The van der Waals surface area contributed by atoms with Crippen molar-refractivity contribution in [3.8, 4) is 66.2 Å². The number of rotatable bonds is 16. The number of ketones is 3. The van der Waals surface area contributed by atoms with E-state index in [1.165, 1.54) is 27.6 Å². The van der Waals surface area contributed by atoms with E-state index in [-0.39, 0.29) is 42.3 Å². The molecule has 12 heterocycles. The summed E-state index contributed by atoms with van der Waals surface area (Å²) in [6, 6.07) is 45.5. The number of thiazole rings is 2. The van der Waals surface area contributed by atoms with Crippen molar-refractivity contribution in [1.82, 2.24) is 72.4 Å². The first-order valence-electron chi connectivity index (χ1n) is 29.5. The van der Waals surface area contributed by atoms with Crippen LogP contribution in [0.3, 0.4) is 0 Å². The Morgan fingerprint density at radius 2 is 0.828 bits per heavy atom. The molecule has 0 amide bonds. The minimum atomic E-state index is -2.65. The van der Waals surface area contributed by atoms with Gasteiger partial charge in [0, 0.05) is 122 Å². The van der Waals surface area contributed by atoms with E-state index < -0.39 is 6.43 Å². The van der Waals surface area contributed by atoms with Crippen LogP contribution in [0, 0.1) is 13.8 Å². The summed E-state index contributed by atoms with van der Waals surface area (Å²) in [5.74, 6) is -0.165. The summed E-state index contributed by atoms with van der Waals surface area (Å²) >= 11 is 2.60. The van der Waals surface area contributed by atoms with Gasteiger partial charge in [-0.15, -0.1) is 22.7 Å². The van der Waals surface area contributed by atoms with E-state index in [4.69, 9.17) is 9.97 Å². The number of benzene rings is 3. The number of nitrogens with zero attached hydrogens (tertiary/aromatic N) is 15. The fraction of sp³-hybridized carbons (Fsp3) is 0.127. The van der Waals surface area contributed by atoms with Gasteiger partial charge in [-0.2, -0.15) is 15.3 Å². The molecule has 93 heavy (non-hydrogen) atoms. The second kappa shape index (κ2) is 26.2. The zero-order chi connectivity index (χ0) is 64.3. The Morgan fingerprint density at radius 3 is 1.19 bits per heavy atom. The highest BCUT2D eigenvalue weighted by atomic mass is 32.1. The molecule has 0 radical (unpaired) electrons. The largest absolute Gasteiger partial charge is 0.306 e. The summed E-state index contributed by atoms with van der Waals surface area (Å²) in [7, 11) is 5.23. The molecule has 0 aliphatic heterocycles. The summed E-state index contributed by atoms with van der Waals surface area (Å²) in [5, 5.41) is 17.2. The monoisotopic (exact) mass is 1270 g/mol. The lowest BCUT2D eigenvalue weighted by atomic mass is 10.0.